The lowest BCUT2D eigenvalue weighted by Gasteiger charge is -2.17. The van der Waals surface area contributed by atoms with Crippen LogP contribution in [0.25, 0.3) is 10.6 Å². The van der Waals surface area contributed by atoms with Crippen LogP contribution in [0.1, 0.15) is 11.3 Å². The number of carbonyl (C=O) groups is 1. The second-order valence-electron chi connectivity index (χ2n) is 5.44. The molecule has 0 atom stereocenters. The molecular weight excluding hydrogens is 320 g/mol. The Morgan fingerprint density at radius 3 is 2.58 bits per heavy atom. The summed E-state index contributed by atoms with van der Waals surface area (Å²) in [5.41, 5.74) is 2.91. The van der Waals surface area contributed by atoms with Crippen LogP contribution in [0.15, 0.2) is 54.9 Å². The minimum Gasteiger partial charge on any atom is -0.323 e. The summed E-state index contributed by atoms with van der Waals surface area (Å²) in [5.74, 6) is 0. The fourth-order valence-electron chi connectivity index (χ4n) is 2.24. The number of rotatable bonds is 4. The molecule has 1 aromatic carbocycles. The zero-order valence-corrected chi connectivity index (χ0v) is 14.4. The predicted molar refractivity (Wildman–Crippen MR) is 97.0 cm³/mol. The van der Waals surface area contributed by atoms with Crippen molar-refractivity contribution in [2.45, 2.75) is 13.5 Å². The molecule has 0 bridgehead atoms. The van der Waals surface area contributed by atoms with Gasteiger partial charge in [0, 0.05) is 31.5 Å². The topological polar surface area (TPSA) is 58.1 Å². The Morgan fingerprint density at radius 2 is 1.88 bits per heavy atom. The minimum absolute atomic E-state index is 0.154. The van der Waals surface area contributed by atoms with E-state index in [-0.39, 0.29) is 6.03 Å². The third-order valence-electron chi connectivity index (χ3n) is 3.55. The normalized spacial score (nSPS) is 10.4. The summed E-state index contributed by atoms with van der Waals surface area (Å²) in [6, 6.07) is 13.6. The highest BCUT2D eigenvalue weighted by molar-refractivity contribution is 7.19. The van der Waals surface area contributed by atoms with Crippen LogP contribution in [0.2, 0.25) is 0 Å². The summed E-state index contributed by atoms with van der Waals surface area (Å²) in [7, 11) is 1.77. The smallest absolute Gasteiger partial charge is 0.322 e. The van der Waals surface area contributed by atoms with Crippen LogP contribution in [0.3, 0.4) is 0 Å². The average Bonchev–Trinajstić information content (AvgIpc) is 2.97. The maximum Gasteiger partial charge on any atom is 0.322 e. The van der Waals surface area contributed by atoms with Crippen molar-refractivity contribution in [1.29, 1.82) is 0 Å². The summed E-state index contributed by atoms with van der Waals surface area (Å²) in [6.45, 7) is 2.43. The number of nitrogens with zero attached hydrogens (tertiary/aromatic N) is 3. The molecule has 5 nitrogen and oxygen atoms in total. The lowest BCUT2D eigenvalue weighted by atomic mass is 10.2. The number of hydrogen-bond acceptors (Lipinski definition) is 4. The summed E-state index contributed by atoms with van der Waals surface area (Å²) < 4.78 is 0. The van der Waals surface area contributed by atoms with Gasteiger partial charge >= 0.3 is 6.03 Å². The van der Waals surface area contributed by atoms with Crippen LogP contribution in [0.5, 0.6) is 0 Å². The number of anilines is 1. The van der Waals surface area contributed by atoms with E-state index < -0.39 is 0 Å². The standard InChI is InChI=1S/C18H18N4OS/c1-13-16(24-17(20-13)15-6-4-3-5-7-15)21-18(23)22(2)12-14-8-10-19-11-9-14/h3-11H,12H2,1-2H3,(H,21,23). The first-order valence-corrected chi connectivity index (χ1v) is 8.39. The number of carbonyl (C=O) groups excluding carboxylic acids is 1. The molecule has 1 N–H and O–H groups in total. The van der Waals surface area contributed by atoms with Gasteiger partial charge in [-0.15, -0.1) is 0 Å². The van der Waals surface area contributed by atoms with E-state index in [0.29, 0.717) is 6.54 Å². The van der Waals surface area contributed by atoms with E-state index in [9.17, 15) is 4.79 Å². The predicted octanol–water partition coefficient (Wildman–Crippen LogP) is 4.18. The molecule has 0 saturated heterocycles. The van der Waals surface area contributed by atoms with Crippen molar-refractivity contribution in [3.63, 3.8) is 0 Å². The largest absolute Gasteiger partial charge is 0.323 e. The molecule has 0 radical (unpaired) electrons. The number of hydrogen-bond donors (Lipinski definition) is 1. The Kier molecular flexibility index (Phi) is 4.86. The molecule has 24 heavy (non-hydrogen) atoms. The van der Waals surface area contributed by atoms with Gasteiger partial charge in [-0.1, -0.05) is 41.7 Å². The Balaban J connectivity index is 1.69. The number of amides is 2. The fraction of sp³-hybridized carbons (Fsp3) is 0.167. The molecule has 3 rings (SSSR count). The van der Waals surface area contributed by atoms with Crippen molar-refractivity contribution in [3.8, 4) is 10.6 Å². The highest BCUT2D eigenvalue weighted by Crippen LogP contribution is 2.31. The van der Waals surface area contributed by atoms with Gasteiger partial charge < -0.3 is 4.90 Å². The molecule has 2 heterocycles. The molecular formula is C18H18N4OS. The van der Waals surface area contributed by atoms with E-state index in [1.807, 2.05) is 49.4 Å². The number of pyridine rings is 1. The highest BCUT2D eigenvalue weighted by atomic mass is 32.1. The molecule has 122 valence electrons. The summed E-state index contributed by atoms with van der Waals surface area (Å²) in [5, 5.41) is 4.63. The maximum atomic E-state index is 12.4. The molecule has 0 saturated carbocycles. The second-order valence-corrected chi connectivity index (χ2v) is 6.44. The molecule has 6 heteroatoms. The molecule has 2 aromatic heterocycles. The zero-order chi connectivity index (χ0) is 16.9. The van der Waals surface area contributed by atoms with Crippen LogP contribution in [-0.4, -0.2) is 27.9 Å². The number of benzene rings is 1. The molecule has 0 aliphatic carbocycles. The van der Waals surface area contributed by atoms with Crippen LogP contribution in [0.4, 0.5) is 9.80 Å². The van der Waals surface area contributed by atoms with E-state index in [2.05, 4.69) is 15.3 Å². The van der Waals surface area contributed by atoms with Crippen molar-refractivity contribution >= 4 is 22.4 Å². The van der Waals surface area contributed by atoms with E-state index >= 15 is 0 Å². The molecule has 2 amide bonds. The number of aromatic nitrogens is 2. The van der Waals surface area contributed by atoms with Gasteiger partial charge in [-0.25, -0.2) is 9.78 Å². The first kappa shape index (κ1) is 16.1. The Hall–Kier alpha value is -2.73. The van der Waals surface area contributed by atoms with Gasteiger partial charge in [0.2, 0.25) is 0 Å². The Bertz CT molecular complexity index is 818. The van der Waals surface area contributed by atoms with Crippen molar-refractivity contribution < 1.29 is 4.79 Å². The lowest BCUT2D eigenvalue weighted by Crippen LogP contribution is -2.30. The van der Waals surface area contributed by atoms with Crippen LogP contribution in [0, 0.1) is 6.92 Å². The molecule has 0 aliphatic rings. The first-order valence-electron chi connectivity index (χ1n) is 7.57. The van der Waals surface area contributed by atoms with E-state index in [1.54, 1.807) is 24.3 Å². The second kappa shape index (κ2) is 7.23. The van der Waals surface area contributed by atoms with Crippen molar-refractivity contribution in [2.75, 3.05) is 12.4 Å². The molecule has 0 unspecified atom stereocenters. The van der Waals surface area contributed by atoms with E-state index in [4.69, 9.17) is 0 Å². The van der Waals surface area contributed by atoms with Crippen LogP contribution < -0.4 is 5.32 Å². The first-order chi connectivity index (χ1) is 11.6. The van der Waals surface area contributed by atoms with Gasteiger partial charge in [-0.3, -0.25) is 10.3 Å². The quantitative estimate of drug-likeness (QED) is 0.776. The van der Waals surface area contributed by atoms with Gasteiger partial charge in [0.15, 0.2) is 0 Å². The molecule has 0 spiro atoms. The lowest BCUT2D eigenvalue weighted by molar-refractivity contribution is 0.220. The van der Waals surface area contributed by atoms with Gasteiger partial charge in [0.1, 0.15) is 10.0 Å². The Labute approximate surface area is 145 Å². The summed E-state index contributed by atoms with van der Waals surface area (Å²) >= 11 is 1.48. The number of nitrogens with one attached hydrogen (secondary N) is 1. The number of urea groups is 1. The van der Waals surface area contributed by atoms with Crippen molar-refractivity contribution in [3.05, 3.63) is 66.1 Å². The summed E-state index contributed by atoms with van der Waals surface area (Å²) in [6.07, 6.45) is 3.45. The van der Waals surface area contributed by atoms with Gasteiger partial charge in [-0.2, -0.15) is 0 Å². The number of aryl methyl sites for hydroxylation is 1. The third kappa shape index (κ3) is 3.78. The van der Waals surface area contributed by atoms with Crippen molar-refractivity contribution in [1.82, 2.24) is 14.9 Å². The van der Waals surface area contributed by atoms with Crippen molar-refractivity contribution in [2.24, 2.45) is 0 Å². The van der Waals surface area contributed by atoms with E-state index in [0.717, 1.165) is 26.8 Å². The van der Waals surface area contributed by atoms with Gasteiger partial charge in [-0.05, 0) is 24.6 Å². The zero-order valence-electron chi connectivity index (χ0n) is 13.6. The molecule has 0 aliphatic heterocycles. The average molecular weight is 338 g/mol. The molecule has 3 aromatic rings. The van der Waals surface area contributed by atoms with Crippen LogP contribution >= 0.6 is 11.3 Å². The monoisotopic (exact) mass is 338 g/mol. The maximum absolute atomic E-state index is 12.4. The number of thiazole rings is 1. The minimum atomic E-state index is -0.154. The third-order valence-corrected chi connectivity index (χ3v) is 4.68. The Morgan fingerprint density at radius 1 is 1.17 bits per heavy atom. The summed E-state index contributed by atoms with van der Waals surface area (Å²) in [4.78, 5) is 22.6. The fourth-order valence-corrected chi connectivity index (χ4v) is 3.20. The van der Waals surface area contributed by atoms with Gasteiger partial charge in [0.05, 0.1) is 5.69 Å². The molecule has 0 fully saturated rings. The SMILES string of the molecule is Cc1nc(-c2ccccc2)sc1NC(=O)N(C)Cc1ccncc1. The van der Waals surface area contributed by atoms with Gasteiger partial charge in [0.25, 0.3) is 0 Å². The van der Waals surface area contributed by atoms with Crippen LogP contribution in [-0.2, 0) is 6.54 Å². The van der Waals surface area contributed by atoms with E-state index in [1.165, 1.54) is 11.3 Å². The highest BCUT2D eigenvalue weighted by Gasteiger charge is 2.14.